The molecule has 1 spiro atoms. The molecule has 3 rings (SSSR count). The highest BCUT2D eigenvalue weighted by Gasteiger charge is 2.43. The van der Waals surface area contributed by atoms with Crippen molar-refractivity contribution in [2.75, 3.05) is 26.2 Å². The second-order valence-corrected chi connectivity index (χ2v) is 6.68. The topological polar surface area (TPSA) is 32.5 Å². The van der Waals surface area contributed by atoms with Crippen molar-refractivity contribution in [2.24, 2.45) is 0 Å². The van der Waals surface area contributed by atoms with Crippen LogP contribution in [-0.4, -0.2) is 46.7 Å². The second kappa shape index (κ2) is 5.93. The highest BCUT2D eigenvalue weighted by molar-refractivity contribution is 5.21. The van der Waals surface area contributed by atoms with Gasteiger partial charge in [0, 0.05) is 30.7 Å². The molecule has 0 N–H and O–H groups in total. The Morgan fingerprint density at radius 3 is 2.71 bits per heavy atom. The number of piperidine rings is 1. The Labute approximate surface area is 127 Å². The maximum absolute atomic E-state index is 5.31. The summed E-state index contributed by atoms with van der Waals surface area (Å²) in [6.45, 7) is 13.6. The van der Waals surface area contributed by atoms with E-state index < -0.39 is 0 Å². The van der Waals surface area contributed by atoms with E-state index >= 15 is 0 Å². The van der Waals surface area contributed by atoms with Gasteiger partial charge >= 0.3 is 0 Å². The number of aryl methyl sites for hydroxylation is 2. The zero-order valence-corrected chi connectivity index (χ0v) is 13.4. The monoisotopic (exact) mass is 289 g/mol. The summed E-state index contributed by atoms with van der Waals surface area (Å²) in [6, 6.07) is 0. The predicted molar refractivity (Wildman–Crippen MR) is 84.2 cm³/mol. The average Bonchev–Trinajstić information content (AvgIpc) is 2.98. The van der Waals surface area contributed by atoms with Gasteiger partial charge in [-0.15, -0.1) is 6.58 Å². The van der Waals surface area contributed by atoms with Crippen LogP contribution in [0.5, 0.6) is 0 Å². The molecule has 0 saturated carbocycles. The summed E-state index contributed by atoms with van der Waals surface area (Å²) in [5.41, 5.74) is 2.70. The van der Waals surface area contributed by atoms with Crippen LogP contribution < -0.4 is 0 Å². The summed E-state index contributed by atoms with van der Waals surface area (Å²) in [5, 5.41) is 4.09. The summed E-state index contributed by atoms with van der Waals surface area (Å²) >= 11 is 0. The lowest BCUT2D eigenvalue weighted by Gasteiger charge is -2.46. The highest BCUT2D eigenvalue weighted by atomic mass is 16.5. The molecule has 3 heterocycles. The van der Waals surface area contributed by atoms with E-state index in [4.69, 9.17) is 4.52 Å². The molecular formula is C17H27N3O. The van der Waals surface area contributed by atoms with Crippen LogP contribution >= 0.6 is 0 Å². The van der Waals surface area contributed by atoms with Gasteiger partial charge in [-0.05, 0) is 52.6 Å². The van der Waals surface area contributed by atoms with E-state index in [9.17, 15) is 0 Å². The van der Waals surface area contributed by atoms with Gasteiger partial charge in [0.15, 0.2) is 0 Å². The van der Waals surface area contributed by atoms with Gasteiger partial charge in [-0.1, -0.05) is 11.2 Å². The third-order valence-corrected chi connectivity index (χ3v) is 5.29. The minimum atomic E-state index is 0.380. The van der Waals surface area contributed by atoms with Gasteiger partial charge in [-0.2, -0.15) is 0 Å². The lowest BCUT2D eigenvalue weighted by atomic mass is 9.86. The number of aromatic nitrogens is 1. The van der Waals surface area contributed by atoms with E-state index in [1.165, 1.54) is 50.9 Å². The Bertz CT molecular complexity index is 491. The first-order valence-corrected chi connectivity index (χ1v) is 8.15. The van der Waals surface area contributed by atoms with Gasteiger partial charge in [0.2, 0.25) is 0 Å². The van der Waals surface area contributed by atoms with Gasteiger partial charge in [-0.3, -0.25) is 9.80 Å². The molecule has 1 atom stereocenters. The molecule has 1 aromatic rings. The molecule has 2 aliphatic rings. The fourth-order valence-electron chi connectivity index (χ4n) is 4.19. The van der Waals surface area contributed by atoms with E-state index in [0.29, 0.717) is 5.54 Å². The smallest absolute Gasteiger partial charge is 0.138 e. The fraction of sp³-hybridized carbons (Fsp3) is 0.706. The van der Waals surface area contributed by atoms with Crippen molar-refractivity contribution in [3.63, 3.8) is 0 Å². The maximum Gasteiger partial charge on any atom is 0.138 e. The molecule has 0 radical (unpaired) electrons. The number of likely N-dealkylation sites (tertiary alicyclic amines) is 2. The molecule has 1 unspecified atom stereocenters. The van der Waals surface area contributed by atoms with E-state index in [0.717, 1.165) is 24.5 Å². The van der Waals surface area contributed by atoms with Crippen LogP contribution in [0.15, 0.2) is 17.2 Å². The molecule has 0 aliphatic carbocycles. The van der Waals surface area contributed by atoms with Gasteiger partial charge in [0.25, 0.3) is 0 Å². The SMILES string of the molecule is C=CCN1CCCC12CCCN(Cc1c(C)noc1C)C2. The quantitative estimate of drug-likeness (QED) is 0.798. The molecule has 2 fully saturated rings. The van der Waals surface area contributed by atoms with Gasteiger partial charge in [0.1, 0.15) is 5.76 Å². The van der Waals surface area contributed by atoms with E-state index in [1.807, 2.05) is 13.8 Å². The van der Waals surface area contributed by atoms with E-state index in [-0.39, 0.29) is 0 Å². The lowest BCUT2D eigenvalue weighted by molar-refractivity contribution is 0.0446. The average molecular weight is 289 g/mol. The molecule has 2 aliphatic heterocycles. The van der Waals surface area contributed by atoms with Crippen molar-refractivity contribution in [1.29, 1.82) is 0 Å². The van der Waals surface area contributed by atoms with Gasteiger partial charge in [-0.25, -0.2) is 0 Å². The third kappa shape index (κ3) is 2.79. The van der Waals surface area contributed by atoms with Crippen molar-refractivity contribution in [2.45, 2.75) is 51.6 Å². The Morgan fingerprint density at radius 1 is 1.29 bits per heavy atom. The molecule has 116 valence electrons. The van der Waals surface area contributed by atoms with Crippen molar-refractivity contribution in [3.05, 3.63) is 29.7 Å². The van der Waals surface area contributed by atoms with Crippen LogP contribution in [0.4, 0.5) is 0 Å². The molecule has 4 heteroatoms. The molecule has 2 saturated heterocycles. The summed E-state index contributed by atoms with van der Waals surface area (Å²) in [7, 11) is 0. The Hall–Kier alpha value is -1.13. The molecule has 0 aromatic carbocycles. The van der Waals surface area contributed by atoms with Gasteiger partial charge in [0.05, 0.1) is 5.69 Å². The Kier molecular flexibility index (Phi) is 4.18. The summed E-state index contributed by atoms with van der Waals surface area (Å²) in [6.07, 6.45) is 7.34. The Balaban J connectivity index is 1.72. The molecule has 4 nitrogen and oxygen atoms in total. The van der Waals surface area contributed by atoms with Crippen molar-refractivity contribution >= 4 is 0 Å². The van der Waals surface area contributed by atoms with Crippen LogP contribution in [0.1, 0.15) is 42.7 Å². The summed E-state index contributed by atoms with van der Waals surface area (Å²) in [5.74, 6) is 0.974. The number of rotatable bonds is 4. The van der Waals surface area contributed by atoms with Crippen LogP contribution in [0, 0.1) is 13.8 Å². The summed E-state index contributed by atoms with van der Waals surface area (Å²) < 4.78 is 5.31. The second-order valence-electron chi connectivity index (χ2n) is 6.68. The van der Waals surface area contributed by atoms with E-state index in [2.05, 4.69) is 27.6 Å². The predicted octanol–water partition coefficient (Wildman–Crippen LogP) is 2.91. The van der Waals surface area contributed by atoms with Crippen LogP contribution in [-0.2, 0) is 6.54 Å². The largest absolute Gasteiger partial charge is 0.361 e. The van der Waals surface area contributed by atoms with Crippen molar-refractivity contribution in [1.82, 2.24) is 15.0 Å². The zero-order valence-electron chi connectivity index (χ0n) is 13.4. The number of hydrogen-bond donors (Lipinski definition) is 0. The highest BCUT2D eigenvalue weighted by Crippen LogP contribution is 2.37. The minimum absolute atomic E-state index is 0.380. The Morgan fingerprint density at radius 2 is 2.05 bits per heavy atom. The zero-order chi connectivity index (χ0) is 14.9. The van der Waals surface area contributed by atoms with Gasteiger partial charge < -0.3 is 4.52 Å². The maximum atomic E-state index is 5.31. The number of nitrogens with zero attached hydrogens (tertiary/aromatic N) is 3. The third-order valence-electron chi connectivity index (χ3n) is 5.29. The minimum Gasteiger partial charge on any atom is -0.361 e. The molecule has 0 amide bonds. The molecule has 0 bridgehead atoms. The first-order valence-electron chi connectivity index (χ1n) is 8.15. The molecular weight excluding hydrogens is 262 g/mol. The van der Waals surface area contributed by atoms with Crippen LogP contribution in [0.3, 0.4) is 0 Å². The lowest BCUT2D eigenvalue weighted by Crippen LogP contribution is -2.55. The number of hydrogen-bond acceptors (Lipinski definition) is 4. The standard InChI is InChI=1S/C17H27N3O/c1-4-9-20-11-6-8-17(20)7-5-10-19(13-17)12-16-14(2)18-21-15(16)3/h4H,1,5-13H2,2-3H3. The van der Waals surface area contributed by atoms with Crippen LogP contribution in [0.25, 0.3) is 0 Å². The van der Waals surface area contributed by atoms with Crippen molar-refractivity contribution < 1.29 is 4.52 Å². The normalized spacial score (nSPS) is 27.5. The fourth-order valence-corrected chi connectivity index (χ4v) is 4.19. The molecule has 1 aromatic heterocycles. The van der Waals surface area contributed by atoms with Crippen LogP contribution in [0.2, 0.25) is 0 Å². The van der Waals surface area contributed by atoms with Crippen molar-refractivity contribution in [3.8, 4) is 0 Å². The molecule has 21 heavy (non-hydrogen) atoms. The first kappa shape index (κ1) is 14.8. The summed E-state index contributed by atoms with van der Waals surface area (Å²) in [4.78, 5) is 5.25. The van der Waals surface area contributed by atoms with E-state index in [1.54, 1.807) is 0 Å². The first-order chi connectivity index (χ1) is 10.1.